The van der Waals surface area contributed by atoms with Gasteiger partial charge in [0.1, 0.15) is 11.9 Å². The minimum atomic E-state index is -1.07. The van der Waals surface area contributed by atoms with Crippen LogP contribution in [0.1, 0.15) is 109 Å². The zero-order valence-corrected chi connectivity index (χ0v) is 35.9. The second-order valence-electron chi connectivity index (χ2n) is 16.0. The largest absolute Gasteiger partial charge is 0.463 e. The summed E-state index contributed by atoms with van der Waals surface area (Å²) in [5.74, 6) is -1.26. The third-order valence-corrected chi connectivity index (χ3v) is 11.2. The number of hydrogen-bond donors (Lipinski definition) is 4. The molecular weight excluding hydrogens is 803 g/mol. The van der Waals surface area contributed by atoms with E-state index in [1.165, 1.54) is 25.7 Å². The van der Waals surface area contributed by atoms with Gasteiger partial charge >= 0.3 is 6.01 Å². The molecule has 4 heterocycles. The number of nitrogens with one attached hydrogen (secondary N) is 4. The molecule has 330 valence electrons. The number of hydrazone groups is 1. The molecule has 4 aromatic rings. The molecule has 3 aromatic carbocycles. The van der Waals surface area contributed by atoms with Crippen LogP contribution in [0.15, 0.2) is 71.8 Å². The minimum absolute atomic E-state index is 0.0294. The summed E-state index contributed by atoms with van der Waals surface area (Å²) in [4.78, 5) is 76.9. The Bertz CT molecular complexity index is 2350. The van der Waals surface area contributed by atoms with Gasteiger partial charge in [-0.1, -0.05) is 81.3 Å². The number of nitrogens with zero attached hydrogens (tertiary/aromatic N) is 5. The number of fused-ring (bicyclic) bond motifs is 1. The maximum atomic E-state index is 13.6. The molecule has 5 amide bonds. The molecule has 3 aliphatic heterocycles. The molecule has 1 aromatic heterocycles. The summed E-state index contributed by atoms with van der Waals surface area (Å²) in [6.07, 6.45) is 10.3. The molecular formula is C47H55N9O7. The van der Waals surface area contributed by atoms with Gasteiger partial charge in [0.2, 0.25) is 17.7 Å². The molecule has 0 spiro atoms. The van der Waals surface area contributed by atoms with Gasteiger partial charge in [-0.2, -0.15) is 15.1 Å². The average Bonchev–Trinajstić information content (AvgIpc) is 3.52. The number of benzene rings is 3. The monoisotopic (exact) mass is 857 g/mol. The molecule has 0 bridgehead atoms. The lowest BCUT2D eigenvalue weighted by Gasteiger charge is -2.28. The van der Waals surface area contributed by atoms with Crippen molar-refractivity contribution in [3.05, 3.63) is 94.5 Å². The maximum absolute atomic E-state index is 13.6. The fraction of sp³-hybridized carbons (Fsp3) is 0.404. The fourth-order valence-electron chi connectivity index (χ4n) is 7.79. The average molecular weight is 858 g/mol. The van der Waals surface area contributed by atoms with Gasteiger partial charge in [0.05, 0.1) is 48.5 Å². The Morgan fingerprint density at radius 3 is 2.49 bits per heavy atom. The van der Waals surface area contributed by atoms with Crippen LogP contribution >= 0.6 is 0 Å². The third-order valence-electron chi connectivity index (χ3n) is 11.2. The molecule has 4 N–H and O–H groups in total. The van der Waals surface area contributed by atoms with E-state index in [4.69, 9.17) is 14.5 Å². The number of carbonyl (C=O) groups is 5. The number of anilines is 5. The number of ether oxygens (including phenoxy) is 2. The molecule has 1 atom stereocenters. The van der Waals surface area contributed by atoms with E-state index in [0.29, 0.717) is 67.8 Å². The Morgan fingerprint density at radius 1 is 0.905 bits per heavy atom. The van der Waals surface area contributed by atoms with Crippen molar-refractivity contribution in [1.29, 1.82) is 0 Å². The van der Waals surface area contributed by atoms with Crippen LogP contribution in [0.2, 0.25) is 0 Å². The van der Waals surface area contributed by atoms with E-state index >= 15 is 0 Å². The van der Waals surface area contributed by atoms with Crippen LogP contribution in [0.4, 0.5) is 28.7 Å². The van der Waals surface area contributed by atoms with Gasteiger partial charge in [0.25, 0.3) is 11.8 Å². The van der Waals surface area contributed by atoms with Crippen LogP contribution in [0, 0.1) is 6.92 Å². The minimum Gasteiger partial charge on any atom is -0.463 e. The van der Waals surface area contributed by atoms with Crippen molar-refractivity contribution < 1.29 is 33.4 Å². The van der Waals surface area contributed by atoms with Crippen molar-refractivity contribution >= 4 is 64.4 Å². The predicted molar refractivity (Wildman–Crippen MR) is 241 cm³/mol. The second-order valence-corrected chi connectivity index (χ2v) is 16.0. The number of hydrogen-bond acceptors (Lipinski definition) is 13. The lowest BCUT2D eigenvalue weighted by Crippen LogP contribution is -2.54. The Hall–Kier alpha value is -6.68. The number of unbranched alkanes of at least 4 members (excludes halogenated alkanes) is 6. The quantitative estimate of drug-likeness (QED) is 0.0311. The molecule has 0 aliphatic carbocycles. The van der Waals surface area contributed by atoms with Gasteiger partial charge in [0.15, 0.2) is 5.82 Å². The first-order valence-corrected chi connectivity index (χ1v) is 21.9. The zero-order valence-electron chi connectivity index (χ0n) is 35.9. The molecule has 0 saturated carbocycles. The number of morpholine rings is 1. The highest BCUT2D eigenvalue weighted by atomic mass is 16.5. The lowest BCUT2D eigenvalue weighted by atomic mass is 10.0. The van der Waals surface area contributed by atoms with E-state index in [9.17, 15) is 24.0 Å². The summed E-state index contributed by atoms with van der Waals surface area (Å²) in [6.45, 7) is 6.96. The number of aryl methyl sites for hydroxylation is 1. The van der Waals surface area contributed by atoms with E-state index in [-0.39, 0.29) is 42.5 Å². The predicted octanol–water partition coefficient (Wildman–Crippen LogP) is 6.91. The van der Waals surface area contributed by atoms with Gasteiger partial charge in [-0.3, -0.25) is 39.6 Å². The number of imide groups is 2. The topological polar surface area (TPSA) is 197 Å². The van der Waals surface area contributed by atoms with E-state index in [1.807, 2.05) is 55.5 Å². The maximum Gasteiger partial charge on any atom is 0.320 e. The van der Waals surface area contributed by atoms with E-state index in [0.717, 1.165) is 40.9 Å². The first-order chi connectivity index (χ1) is 30.6. The van der Waals surface area contributed by atoms with Crippen molar-refractivity contribution in [2.24, 2.45) is 5.10 Å². The molecule has 63 heavy (non-hydrogen) atoms. The number of piperidine rings is 1. The Kier molecular flexibility index (Phi) is 15.1. The van der Waals surface area contributed by atoms with Crippen molar-refractivity contribution in [3.63, 3.8) is 0 Å². The number of amides is 5. The summed E-state index contributed by atoms with van der Waals surface area (Å²) in [7, 11) is 0. The van der Waals surface area contributed by atoms with Gasteiger partial charge in [-0.15, -0.1) is 0 Å². The highest BCUT2D eigenvalue weighted by Crippen LogP contribution is 2.33. The van der Waals surface area contributed by atoms with Crippen LogP contribution in [0.25, 0.3) is 0 Å². The van der Waals surface area contributed by atoms with Crippen LogP contribution < -0.4 is 31.0 Å². The third kappa shape index (κ3) is 11.8. The number of carbonyl (C=O) groups excluding carboxylic acids is 5. The molecule has 7 rings (SSSR count). The molecule has 16 nitrogen and oxygen atoms in total. The molecule has 2 fully saturated rings. The van der Waals surface area contributed by atoms with Gasteiger partial charge < -0.3 is 25.0 Å². The van der Waals surface area contributed by atoms with Crippen molar-refractivity contribution in [2.75, 3.05) is 53.9 Å². The first-order valence-electron chi connectivity index (χ1n) is 21.9. The SMILES string of the molecule is CCCCCCCCCC(=O)Nc1ccc(CCOc2nc(N/N=C/c3cccc(C)c3)cc(N3CCOCC3)n2)cc1Nc1ccc2c(c1)C(=O)N(C1CCC(=O)NC1=O)C2=O. The van der Waals surface area contributed by atoms with Crippen molar-refractivity contribution in [2.45, 2.75) is 90.5 Å². The number of aromatic nitrogens is 2. The van der Waals surface area contributed by atoms with Crippen LogP contribution in [-0.4, -0.2) is 89.6 Å². The molecule has 0 radical (unpaired) electrons. The molecule has 1 unspecified atom stereocenters. The van der Waals surface area contributed by atoms with Gasteiger partial charge in [-0.25, -0.2) is 0 Å². The van der Waals surface area contributed by atoms with E-state index in [2.05, 4.69) is 43.3 Å². The Labute approximate surface area is 367 Å². The van der Waals surface area contributed by atoms with Crippen molar-refractivity contribution in [1.82, 2.24) is 20.2 Å². The first kappa shape index (κ1) is 44.4. The summed E-state index contributed by atoms with van der Waals surface area (Å²) >= 11 is 0. The van der Waals surface area contributed by atoms with Gasteiger partial charge in [-0.05, 0) is 61.2 Å². The standard InChI is InChI=1S/C47H55N9O7/c1-3-4-5-6-7-8-9-13-42(57)50-37-17-14-32(27-38(37)49-34-15-16-35-36(28-34)46(61)56(45(35)60)39-18-19-43(58)53-44(39)59)20-23-63-47-51-40(29-41(52-47)55-21-24-62-25-22-55)54-48-30-33-12-10-11-31(2)26-33/h10-12,14-17,26-30,39,49H,3-9,13,18-25H2,1-2H3,(H,50,57)(H,51,52,54)(H,53,58,59)/b48-30+. The molecule has 16 heteroatoms. The fourth-order valence-corrected chi connectivity index (χ4v) is 7.79. The second kappa shape index (κ2) is 21.4. The van der Waals surface area contributed by atoms with Crippen LogP contribution in [-0.2, 0) is 25.5 Å². The highest BCUT2D eigenvalue weighted by Gasteiger charge is 2.44. The summed E-state index contributed by atoms with van der Waals surface area (Å²) < 4.78 is 11.7. The van der Waals surface area contributed by atoms with Crippen LogP contribution in [0.5, 0.6) is 6.01 Å². The lowest BCUT2D eigenvalue weighted by molar-refractivity contribution is -0.136. The molecule has 3 aliphatic rings. The Morgan fingerprint density at radius 2 is 1.70 bits per heavy atom. The van der Waals surface area contributed by atoms with Crippen molar-refractivity contribution in [3.8, 4) is 6.01 Å². The normalized spacial score (nSPS) is 16.3. The summed E-state index contributed by atoms with van der Waals surface area (Å²) in [6, 6.07) is 19.4. The van der Waals surface area contributed by atoms with E-state index in [1.54, 1.807) is 24.4 Å². The molecule has 2 saturated heterocycles. The Balaban J connectivity index is 1.06. The zero-order chi connectivity index (χ0) is 44.1. The van der Waals surface area contributed by atoms with E-state index < -0.39 is 29.7 Å². The summed E-state index contributed by atoms with van der Waals surface area (Å²) in [5, 5.41) is 13.1. The highest BCUT2D eigenvalue weighted by molar-refractivity contribution is 6.23. The smallest absolute Gasteiger partial charge is 0.320 e. The van der Waals surface area contributed by atoms with Crippen LogP contribution in [0.3, 0.4) is 0 Å². The number of rotatable bonds is 20. The van der Waals surface area contributed by atoms with Gasteiger partial charge in [0, 0.05) is 44.1 Å². The summed E-state index contributed by atoms with van der Waals surface area (Å²) in [5.41, 5.74) is 7.90.